The Labute approximate surface area is 120 Å². The van der Waals surface area contributed by atoms with Crippen LogP contribution in [-0.2, 0) is 19.5 Å². The van der Waals surface area contributed by atoms with Crippen LogP contribution in [0.25, 0.3) is 0 Å². The van der Waals surface area contributed by atoms with Gasteiger partial charge in [0.1, 0.15) is 0 Å². The molecule has 0 aromatic carbocycles. The monoisotopic (exact) mass is 315 g/mol. The predicted molar refractivity (Wildman–Crippen MR) is 80.8 cm³/mol. The average molecular weight is 316 g/mol. The van der Waals surface area contributed by atoms with E-state index in [0.29, 0.717) is 5.92 Å². The highest BCUT2D eigenvalue weighted by atomic mass is 79.9. The Kier molecular flexibility index (Phi) is 6.36. The lowest BCUT2D eigenvalue weighted by atomic mass is 10.2. The summed E-state index contributed by atoms with van der Waals surface area (Å²) >= 11 is 3.72. The smallest absolute Gasteiger partial charge is 0.0767 e. The molecule has 0 amide bonds. The SMILES string of the molecule is CCc1nn(CC)c(CN(CC)CC(C)C)c1Br. The van der Waals surface area contributed by atoms with Gasteiger partial charge in [0.25, 0.3) is 0 Å². The fourth-order valence-electron chi connectivity index (χ4n) is 2.20. The molecule has 0 saturated carbocycles. The molecule has 0 atom stereocenters. The predicted octanol–water partition coefficient (Wildman–Crippen LogP) is 3.71. The Bertz CT molecular complexity index is 371. The number of hydrogen-bond acceptors (Lipinski definition) is 2. The van der Waals surface area contributed by atoms with Gasteiger partial charge >= 0.3 is 0 Å². The van der Waals surface area contributed by atoms with E-state index in [1.807, 2.05) is 0 Å². The first-order chi connectivity index (χ1) is 8.53. The quantitative estimate of drug-likeness (QED) is 0.765. The molecule has 0 saturated heterocycles. The topological polar surface area (TPSA) is 21.1 Å². The molecule has 1 aromatic rings. The van der Waals surface area contributed by atoms with Crippen molar-refractivity contribution in [1.29, 1.82) is 0 Å². The third-order valence-electron chi connectivity index (χ3n) is 3.14. The maximum atomic E-state index is 4.66. The standard InChI is InChI=1S/C14H26BrN3/c1-6-12-14(15)13(18(8-3)16-12)10-17(7-2)9-11(4)5/h11H,6-10H2,1-5H3. The zero-order valence-electron chi connectivity index (χ0n) is 12.3. The Balaban J connectivity index is 2.90. The number of aromatic nitrogens is 2. The van der Waals surface area contributed by atoms with Crippen LogP contribution < -0.4 is 0 Å². The second kappa shape index (κ2) is 7.29. The summed E-state index contributed by atoms with van der Waals surface area (Å²) in [4.78, 5) is 2.48. The van der Waals surface area contributed by atoms with Crippen LogP contribution in [0.5, 0.6) is 0 Å². The Hall–Kier alpha value is -0.350. The van der Waals surface area contributed by atoms with Crippen LogP contribution in [0.1, 0.15) is 46.0 Å². The van der Waals surface area contributed by atoms with Gasteiger partial charge in [-0.3, -0.25) is 9.58 Å². The first kappa shape index (κ1) is 15.7. The summed E-state index contributed by atoms with van der Waals surface area (Å²) in [6.45, 7) is 15.2. The van der Waals surface area contributed by atoms with Crippen molar-refractivity contribution in [2.24, 2.45) is 5.92 Å². The molecule has 3 nitrogen and oxygen atoms in total. The minimum Gasteiger partial charge on any atom is -0.298 e. The molecule has 0 radical (unpaired) electrons. The fourth-order valence-corrected chi connectivity index (χ4v) is 2.89. The van der Waals surface area contributed by atoms with E-state index in [1.54, 1.807) is 0 Å². The van der Waals surface area contributed by atoms with E-state index in [-0.39, 0.29) is 0 Å². The van der Waals surface area contributed by atoms with Crippen molar-refractivity contribution >= 4 is 15.9 Å². The van der Waals surface area contributed by atoms with Crippen molar-refractivity contribution in [2.75, 3.05) is 13.1 Å². The summed E-state index contributed by atoms with van der Waals surface area (Å²) in [5, 5.41) is 4.66. The van der Waals surface area contributed by atoms with E-state index in [4.69, 9.17) is 0 Å². The van der Waals surface area contributed by atoms with Gasteiger partial charge in [-0.05, 0) is 41.7 Å². The van der Waals surface area contributed by atoms with E-state index in [0.717, 1.165) is 32.6 Å². The average Bonchev–Trinajstić information content (AvgIpc) is 2.64. The largest absolute Gasteiger partial charge is 0.298 e. The van der Waals surface area contributed by atoms with Crippen molar-refractivity contribution in [1.82, 2.24) is 14.7 Å². The van der Waals surface area contributed by atoms with Crippen molar-refractivity contribution in [3.63, 3.8) is 0 Å². The third-order valence-corrected chi connectivity index (χ3v) is 4.05. The molecule has 0 aliphatic carbocycles. The molecule has 0 unspecified atom stereocenters. The highest BCUT2D eigenvalue weighted by Crippen LogP contribution is 2.23. The van der Waals surface area contributed by atoms with Gasteiger partial charge in [0, 0.05) is 19.6 Å². The maximum Gasteiger partial charge on any atom is 0.0767 e. The second-order valence-electron chi connectivity index (χ2n) is 5.10. The van der Waals surface area contributed by atoms with Gasteiger partial charge in [0.2, 0.25) is 0 Å². The molecule has 1 aromatic heterocycles. The first-order valence-corrected chi connectivity index (χ1v) is 7.79. The normalized spacial score (nSPS) is 11.8. The lowest BCUT2D eigenvalue weighted by Gasteiger charge is -2.23. The van der Waals surface area contributed by atoms with Crippen molar-refractivity contribution in [3.05, 3.63) is 15.9 Å². The second-order valence-corrected chi connectivity index (χ2v) is 5.89. The highest BCUT2D eigenvalue weighted by Gasteiger charge is 2.16. The summed E-state index contributed by atoms with van der Waals surface area (Å²) in [6.07, 6.45) is 0.983. The lowest BCUT2D eigenvalue weighted by Crippen LogP contribution is -2.28. The van der Waals surface area contributed by atoms with Crippen molar-refractivity contribution in [2.45, 2.75) is 54.1 Å². The number of hydrogen-bond donors (Lipinski definition) is 0. The van der Waals surface area contributed by atoms with Gasteiger partial charge < -0.3 is 0 Å². The fraction of sp³-hybridized carbons (Fsp3) is 0.786. The molecule has 0 spiro atoms. The molecular formula is C14H26BrN3. The van der Waals surface area contributed by atoms with Gasteiger partial charge in [0.05, 0.1) is 15.9 Å². The molecule has 18 heavy (non-hydrogen) atoms. The number of nitrogens with zero attached hydrogens (tertiary/aromatic N) is 3. The van der Waals surface area contributed by atoms with E-state index >= 15 is 0 Å². The highest BCUT2D eigenvalue weighted by molar-refractivity contribution is 9.10. The van der Waals surface area contributed by atoms with Crippen molar-refractivity contribution < 1.29 is 0 Å². The van der Waals surface area contributed by atoms with Gasteiger partial charge in [-0.1, -0.05) is 27.7 Å². The van der Waals surface area contributed by atoms with Crippen LogP contribution in [0.2, 0.25) is 0 Å². The molecule has 0 aliphatic heterocycles. The summed E-state index contributed by atoms with van der Waals surface area (Å²) in [5.74, 6) is 0.701. The van der Waals surface area contributed by atoms with Gasteiger partial charge in [-0.25, -0.2) is 0 Å². The molecule has 104 valence electrons. The van der Waals surface area contributed by atoms with Crippen LogP contribution >= 0.6 is 15.9 Å². The molecule has 4 heteroatoms. The molecule has 0 aliphatic rings. The van der Waals surface area contributed by atoms with E-state index in [1.165, 1.54) is 15.9 Å². The van der Waals surface area contributed by atoms with Crippen LogP contribution in [0, 0.1) is 5.92 Å². The Morgan fingerprint density at radius 3 is 2.39 bits per heavy atom. The van der Waals surface area contributed by atoms with E-state index in [9.17, 15) is 0 Å². The van der Waals surface area contributed by atoms with Crippen LogP contribution in [0.15, 0.2) is 4.47 Å². The summed E-state index contributed by atoms with van der Waals surface area (Å²) in [7, 11) is 0. The maximum absolute atomic E-state index is 4.66. The number of aryl methyl sites for hydroxylation is 2. The summed E-state index contributed by atoms with van der Waals surface area (Å²) < 4.78 is 3.33. The summed E-state index contributed by atoms with van der Waals surface area (Å²) in [5.41, 5.74) is 2.49. The molecule has 1 heterocycles. The van der Waals surface area contributed by atoms with Gasteiger partial charge in [0.15, 0.2) is 0 Å². The lowest BCUT2D eigenvalue weighted by molar-refractivity contribution is 0.241. The summed E-state index contributed by atoms with van der Waals surface area (Å²) in [6, 6.07) is 0. The van der Waals surface area contributed by atoms with Crippen molar-refractivity contribution in [3.8, 4) is 0 Å². The number of rotatable bonds is 7. The van der Waals surface area contributed by atoms with Gasteiger partial charge in [-0.2, -0.15) is 5.10 Å². The Morgan fingerprint density at radius 1 is 1.28 bits per heavy atom. The zero-order chi connectivity index (χ0) is 13.7. The minimum absolute atomic E-state index is 0.701. The van der Waals surface area contributed by atoms with E-state index in [2.05, 4.69) is 65.2 Å². The minimum atomic E-state index is 0.701. The van der Waals surface area contributed by atoms with Crippen LogP contribution in [0.4, 0.5) is 0 Å². The molecular weight excluding hydrogens is 290 g/mol. The Morgan fingerprint density at radius 2 is 1.94 bits per heavy atom. The van der Waals surface area contributed by atoms with Crippen LogP contribution in [-0.4, -0.2) is 27.8 Å². The first-order valence-electron chi connectivity index (χ1n) is 6.99. The molecule has 0 N–H and O–H groups in total. The zero-order valence-corrected chi connectivity index (χ0v) is 13.9. The van der Waals surface area contributed by atoms with Crippen LogP contribution in [0.3, 0.4) is 0 Å². The van der Waals surface area contributed by atoms with Gasteiger partial charge in [-0.15, -0.1) is 0 Å². The molecule has 0 bridgehead atoms. The number of halogens is 1. The third kappa shape index (κ3) is 3.82. The molecule has 1 rings (SSSR count). The molecule has 0 fully saturated rings. The van der Waals surface area contributed by atoms with E-state index < -0.39 is 0 Å².